The summed E-state index contributed by atoms with van der Waals surface area (Å²) in [7, 11) is -3.55. The Morgan fingerprint density at radius 1 is 1.07 bits per heavy atom. The van der Waals surface area contributed by atoms with Crippen molar-refractivity contribution in [2.45, 2.75) is 23.1 Å². The molecule has 1 aliphatic heterocycles. The van der Waals surface area contributed by atoms with Crippen molar-refractivity contribution >= 4 is 27.3 Å². The summed E-state index contributed by atoms with van der Waals surface area (Å²) in [6, 6.07) is 16.5. The Morgan fingerprint density at radius 2 is 1.80 bits per heavy atom. The number of pyridine rings is 1. The second-order valence-corrected chi connectivity index (χ2v) is 10.4. The third-order valence-corrected chi connectivity index (χ3v) is 8.54. The molecule has 0 saturated carbocycles. The van der Waals surface area contributed by atoms with Crippen LogP contribution in [0.15, 0.2) is 76.6 Å². The molecule has 0 bridgehead atoms. The monoisotopic (exact) mass is 441 g/mol. The smallest absolute Gasteiger partial charge is 0.252 e. The maximum Gasteiger partial charge on any atom is 0.252 e. The second-order valence-electron chi connectivity index (χ2n) is 7.27. The van der Waals surface area contributed by atoms with Gasteiger partial charge in [-0.25, -0.2) is 8.42 Å². The van der Waals surface area contributed by atoms with Crippen molar-refractivity contribution in [3.05, 3.63) is 83.5 Å². The largest absolute Gasteiger partial charge is 0.345 e. The van der Waals surface area contributed by atoms with Gasteiger partial charge in [0.2, 0.25) is 5.91 Å². The maximum atomic E-state index is 13.2. The first-order valence-corrected chi connectivity index (χ1v) is 12.2. The molecule has 2 atom stereocenters. The lowest BCUT2D eigenvalue weighted by Gasteiger charge is -2.32. The van der Waals surface area contributed by atoms with Gasteiger partial charge in [0.05, 0.1) is 12.0 Å². The Kier molecular flexibility index (Phi) is 6.26. The van der Waals surface area contributed by atoms with Gasteiger partial charge in [-0.2, -0.15) is 4.31 Å². The van der Waals surface area contributed by atoms with E-state index in [-0.39, 0.29) is 24.4 Å². The normalized spacial score (nSPS) is 18.6. The number of nitrogens with one attached hydrogen (secondary N) is 1. The predicted molar refractivity (Wildman–Crippen MR) is 116 cm³/mol. The number of benzene rings is 1. The number of hydrogen-bond acceptors (Lipinski definition) is 5. The first kappa shape index (κ1) is 20.7. The molecule has 3 heterocycles. The highest BCUT2D eigenvalue weighted by Gasteiger charge is 2.34. The molecule has 1 N–H and O–H groups in total. The van der Waals surface area contributed by atoms with Crippen molar-refractivity contribution < 1.29 is 13.2 Å². The average Bonchev–Trinajstić information content (AvgIpc) is 3.34. The highest BCUT2D eigenvalue weighted by Crippen LogP contribution is 2.28. The molecule has 1 fully saturated rings. The highest BCUT2D eigenvalue weighted by atomic mass is 32.2. The highest BCUT2D eigenvalue weighted by molar-refractivity contribution is 7.91. The molecule has 1 aromatic carbocycles. The van der Waals surface area contributed by atoms with Crippen LogP contribution in [0.4, 0.5) is 0 Å². The lowest BCUT2D eigenvalue weighted by molar-refractivity contribution is -0.126. The lowest BCUT2D eigenvalue weighted by Crippen LogP contribution is -2.46. The summed E-state index contributed by atoms with van der Waals surface area (Å²) in [6.07, 6.45) is 4.73. The number of hydrogen-bond donors (Lipinski definition) is 1. The van der Waals surface area contributed by atoms with E-state index >= 15 is 0 Å². The number of thiophene rings is 1. The standard InChI is InChI=1S/C22H23N3O3S2/c26-22(19-8-4-14-25(16-19)30(27,28)20-9-5-15-29-20)24-21(17-6-2-1-3-7-17)18-10-12-23-13-11-18/h1-3,5-7,9-13,15,19,21H,4,8,14,16H2,(H,24,26). The van der Waals surface area contributed by atoms with Crippen molar-refractivity contribution in [3.8, 4) is 0 Å². The molecular weight excluding hydrogens is 418 g/mol. The number of sulfonamides is 1. The van der Waals surface area contributed by atoms with Gasteiger partial charge < -0.3 is 5.32 Å². The van der Waals surface area contributed by atoms with E-state index < -0.39 is 10.0 Å². The van der Waals surface area contributed by atoms with Crippen LogP contribution in [0.5, 0.6) is 0 Å². The number of carbonyl (C=O) groups is 1. The van der Waals surface area contributed by atoms with Crippen molar-refractivity contribution in [1.29, 1.82) is 0 Å². The topological polar surface area (TPSA) is 79.4 Å². The van der Waals surface area contributed by atoms with E-state index in [0.717, 1.165) is 11.1 Å². The van der Waals surface area contributed by atoms with Crippen molar-refractivity contribution in [2.75, 3.05) is 13.1 Å². The molecule has 0 radical (unpaired) electrons. The van der Waals surface area contributed by atoms with Gasteiger partial charge in [0.15, 0.2) is 0 Å². The molecule has 3 aromatic rings. The van der Waals surface area contributed by atoms with Crippen LogP contribution in [-0.2, 0) is 14.8 Å². The molecule has 1 saturated heterocycles. The van der Waals surface area contributed by atoms with E-state index in [4.69, 9.17) is 0 Å². The Hall–Kier alpha value is -2.55. The summed E-state index contributed by atoms with van der Waals surface area (Å²) in [5, 5.41) is 4.89. The summed E-state index contributed by atoms with van der Waals surface area (Å²) >= 11 is 1.20. The third kappa shape index (κ3) is 4.45. The Labute approximate surface area is 180 Å². The van der Waals surface area contributed by atoms with Crippen LogP contribution in [0.3, 0.4) is 0 Å². The summed E-state index contributed by atoms with van der Waals surface area (Å²) < 4.78 is 27.5. The fourth-order valence-electron chi connectivity index (χ4n) is 3.73. The summed E-state index contributed by atoms with van der Waals surface area (Å²) in [5.74, 6) is -0.520. The maximum absolute atomic E-state index is 13.2. The molecule has 1 aliphatic rings. The minimum Gasteiger partial charge on any atom is -0.345 e. The summed E-state index contributed by atoms with van der Waals surface area (Å²) in [6.45, 7) is 0.639. The van der Waals surface area contributed by atoms with Crippen molar-refractivity contribution in [2.24, 2.45) is 5.92 Å². The molecule has 1 amide bonds. The molecule has 8 heteroatoms. The van der Waals surface area contributed by atoms with Crippen LogP contribution >= 0.6 is 11.3 Å². The van der Waals surface area contributed by atoms with Gasteiger partial charge in [-0.3, -0.25) is 9.78 Å². The number of rotatable bonds is 6. The SMILES string of the molecule is O=C(NC(c1ccccc1)c1ccncc1)C1CCCN(S(=O)(=O)c2cccs2)C1. The lowest BCUT2D eigenvalue weighted by atomic mass is 9.95. The van der Waals surface area contributed by atoms with Crippen LogP contribution in [-0.4, -0.2) is 36.7 Å². The molecule has 30 heavy (non-hydrogen) atoms. The zero-order valence-corrected chi connectivity index (χ0v) is 18.0. The predicted octanol–water partition coefficient (Wildman–Crippen LogP) is 3.45. The second kappa shape index (κ2) is 9.07. The van der Waals surface area contributed by atoms with Crippen molar-refractivity contribution in [1.82, 2.24) is 14.6 Å². The minimum atomic E-state index is -3.55. The Balaban J connectivity index is 1.53. The van der Waals surface area contributed by atoms with Crippen LogP contribution in [0.25, 0.3) is 0 Å². The average molecular weight is 442 g/mol. The summed E-state index contributed by atoms with van der Waals surface area (Å²) in [5.41, 5.74) is 1.90. The zero-order chi connectivity index (χ0) is 21.0. The molecule has 6 nitrogen and oxygen atoms in total. The van der Waals surface area contributed by atoms with E-state index in [1.165, 1.54) is 15.6 Å². The molecule has 0 aliphatic carbocycles. The van der Waals surface area contributed by atoms with Crippen LogP contribution in [0.2, 0.25) is 0 Å². The number of carbonyl (C=O) groups excluding carboxylic acids is 1. The summed E-state index contributed by atoms with van der Waals surface area (Å²) in [4.78, 5) is 17.2. The molecule has 2 aromatic heterocycles. The van der Waals surface area contributed by atoms with E-state index in [2.05, 4.69) is 10.3 Å². The fourth-order valence-corrected chi connectivity index (χ4v) is 6.40. The third-order valence-electron chi connectivity index (χ3n) is 5.30. The number of amides is 1. The molecule has 0 spiro atoms. The molecular formula is C22H23N3O3S2. The van der Waals surface area contributed by atoms with Gasteiger partial charge in [-0.1, -0.05) is 36.4 Å². The molecule has 156 valence electrons. The first-order valence-electron chi connectivity index (χ1n) is 9.84. The fraction of sp³-hybridized carbons (Fsp3) is 0.273. The quantitative estimate of drug-likeness (QED) is 0.635. The molecule has 4 rings (SSSR count). The van der Waals surface area contributed by atoms with E-state index in [1.807, 2.05) is 42.5 Å². The molecule has 2 unspecified atom stereocenters. The number of nitrogens with zero attached hydrogens (tertiary/aromatic N) is 2. The Bertz CT molecular complexity index is 1030. The van der Waals surface area contributed by atoms with Gasteiger partial charge in [0.25, 0.3) is 10.0 Å². The number of aromatic nitrogens is 1. The van der Waals surface area contributed by atoms with E-state index in [0.29, 0.717) is 23.6 Å². The van der Waals surface area contributed by atoms with E-state index in [1.54, 1.807) is 29.9 Å². The first-order chi connectivity index (χ1) is 14.6. The van der Waals surface area contributed by atoms with Gasteiger partial charge in [-0.15, -0.1) is 11.3 Å². The van der Waals surface area contributed by atoms with Crippen LogP contribution in [0.1, 0.15) is 30.0 Å². The minimum absolute atomic E-state index is 0.133. The van der Waals surface area contributed by atoms with Gasteiger partial charge in [0, 0.05) is 25.5 Å². The van der Waals surface area contributed by atoms with Gasteiger partial charge >= 0.3 is 0 Å². The number of piperidine rings is 1. The Morgan fingerprint density at radius 3 is 2.50 bits per heavy atom. The van der Waals surface area contributed by atoms with Crippen LogP contribution in [0, 0.1) is 5.92 Å². The van der Waals surface area contributed by atoms with E-state index in [9.17, 15) is 13.2 Å². The van der Waals surface area contributed by atoms with Crippen molar-refractivity contribution in [3.63, 3.8) is 0 Å². The zero-order valence-electron chi connectivity index (χ0n) is 16.3. The van der Waals surface area contributed by atoms with Gasteiger partial charge in [0.1, 0.15) is 4.21 Å². The van der Waals surface area contributed by atoms with Gasteiger partial charge in [-0.05, 0) is 47.5 Å². The van der Waals surface area contributed by atoms with Crippen LogP contribution < -0.4 is 5.32 Å².